The van der Waals surface area contributed by atoms with E-state index in [4.69, 9.17) is 18.9 Å². The summed E-state index contributed by atoms with van der Waals surface area (Å²) in [5.74, 6) is 1.52. The van der Waals surface area contributed by atoms with Crippen LogP contribution in [0.2, 0.25) is 0 Å². The van der Waals surface area contributed by atoms with Gasteiger partial charge in [-0.05, 0) is 36.2 Å². The van der Waals surface area contributed by atoms with E-state index in [0.717, 1.165) is 12.2 Å². The maximum atomic E-state index is 12.0. The van der Waals surface area contributed by atoms with Crippen molar-refractivity contribution in [3.63, 3.8) is 0 Å². The first-order valence-electron chi connectivity index (χ1n) is 8.03. The van der Waals surface area contributed by atoms with Crippen LogP contribution in [0.25, 0.3) is 0 Å². The van der Waals surface area contributed by atoms with Gasteiger partial charge < -0.3 is 18.9 Å². The number of ether oxygens (including phenoxy) is 4. The molecule has 0 fully saturated rings. The number of aryl methyl sites for hydroxylation is 1. The van der Waals surface area contributed by atoms with Crippen LogP contribution in [0.15, 0.2) is 48.5 Å². The zero-order chi connectivity index (χ0) is 16.8. The summed E-state index contributed by atoms with van der Waals surface area (Å²) in [5, 5.41) is 0. The molecular weight excluding hydrogens is 308 g/mol. The van der Waals surface area contributed by atoms with E-state index in [1.54, 1.807) is 12.1 Å². The molecule has 0 aliphatic carbocycles. The largest absolute Gasteiger partial charge is 0.490 e. The fourth-order valence-electron chi connectivity index (χ4n) is 2.39. The molecular formula is C19H20O5. The zero-order valence-electron chi connectivity index (χ0n) is 13.6. The van der Waals surface area contributed by atoms with Crippen molar-refractivity contribution in [2.45, 2.75) is 19.4 Å². The molecule has 1 heterocycles. The second-order valence-electron chi connectivity index (χ2n) is 5.38. The summed E-state index contributed by atoms with van der Waals surface area (Å²) in [4.78, 5) is 12.0. The van der Waals surface area contributed by atoms with Crippen molar-refractivity contribution >= 4 is 5.97 Å². The molecule has 0 saturated carbocycles. The third kappa shape index (κ3) is 3.98. The molecule has 3 rings (SSSR count). The van der Waals surface area contributed by atoms with Crippen LogP contribution in [0.1, 0.15) is 12.5 Å². The molecule has 5 heteroatoms. The van der Waals surface area contributed by atoms with Crippen LogP contribution < -0.4 is 14.2 Å². The molecule has 0 aromatic heterocycles. The van der Waals surface area contributed by atoms with Gasteiger partial charge in [-0.2, -0.15) is 0 Å². The van der Waals surface area contributed by atoms with Crippen LogP contribution in [0.4, 0.5) is 0 Å². The number of para-hydroxylation sites is 2. The van der Waals surface area contributed by atoms with E-state index in [2.05, 4.69) is 6.92 Å². The number of esters is 1. The number of fused-ring (bicyclic) bond motifs is 1. The van der Waals surface area contributed by atoms with E-state index in [1.165, 1.54) is 5.56 Å². The average Bonchev–Trinajstić information content (AvgIpc) is 2.64. The quantitative estimate of drug-likeness (QED) is 0.603. The molecule has 0 saturated heterocycles. The van der Waals surface area contributed by atoms with Crippen LogP contribution in [0, 0.1) is 0 Å². The van der Waals surface area contributed by atoms with Gasteiger partial charge in [0.15, 0.2) is 11.5 Å². The van der Waals surface area contributed by atoms with Gasteiger partial charge in [0.1, 0.15) is 25.6 Å². The predicted octanol–water partition coefficient (Wildman–Crippen LogP) is 3.01. The van der Waals surface area contributed by atoms with E-state index in [-0.39, 0.29) is 13.2 Å². The summed E-state index contributed by atoms with van der Waals surface area (Å²) in [6.07, 6.45) is 0.204. The monoisotopic (exact) mass is 328 g/mol. The topological polar surface area (TPSA) is 54.0 Å². The second kappa shape index (κ2) is 7.73. The van der Waals surface area contributed by atoms with Crippen molar-refractivity contribution < 1.29 is 23.7 Å². The Morgan fingerprint density at radius 1 is 1.12 bits per heavy atom. The third-order valence-electron chi connectivity index (χ3n) is 3.67. The smallest absolute Gasteiger partial charge is 0.351 e. The Morgan fingerprint density at radius 3 is 2.79 bits per heavy atom. The lowest BCUT2D eigenvalue weighted by Crippen LogP contribution is -2.38. The molecule has 0 N–H and O–H groups in total. The van der Waals surface area contributed by atoms with E-state index < -0.39 is 12.1 Å². The lowest BCUT2D eigenvalue weighted by Gasteiger charge is -2.24. The van der Waals surface area contributed by atoms with Crippen LogP contribution in [-0.2, 0) is 16.0 Å². The summed E-state index contributed by atoms with van der Waals surface area (Å²) < 4.78 is 21.9. The molecule has 1 aliphatic rings. The first-order valence-corrected chi connectivity index (χ1v) is 8.03. The van der Waals surface area contributed by atoms with Gasteiger partial charge >= 0.3 is 5.97 Å². The molecule has 1 atom stereocenters. The first-order chi connectivity index (χ1) is 11.8. The second-order valence-corrected chi connectivity index (χ2v) is 5.38. The Morgan fingerprint density at radius 2 is 1.96 bits per heavy atom. The lowest BCUT2D eigenvalue weighted by atomic mass is 10.2. The summed E-state index contributed by atoms with van der Waals surface area (Å²) in [6, 6.07) is 15.1. The lowest BCUT2D eigenvalue weighted by molar-refractivity contribution is -0.155. The first kappa shape index (κ1) is 16.2. The summed E-state index contributed by atoms with van der Waals surface area (Å²) >= 11 is 0. The third-order valence-corrected chi connectivity index (χ3v) is 3.67. The highest BCUT2D eigenvalue weighted by molar-refractivity contribution is 5.76. The van der Waals surface area contributed by atoms with Gasteiger partial charge in [-0.15, -0.1) is 0 Å². The molecule has 126 valence electrons. The van der Waals surface area contributed by atoms with Gasteiger partial charge in [-0.1, -0.05) is 31.2 Å². The van der Waals surface area contributed by atoms with Crippen molar-refractivity contribution in [3.05, 3.63) is 54.1 Å². The van der Waals surface area contributed by atoms with Crippen molar-refractivity contribution in [2.75, 3.05) is 19.8 Å². The number of hydrogen-bond acceptors (Lipinski definition) is 5. The maximum absolute atomic E-state index is 12.0. The highest BCUT2D eigenvalue weighted by Crippen LogP contribution is 2.31. The Kier molecular flexibility index (Phi) is 5.21. The highest BCUT2D eigenvalue weighted by Gasteiger charge is 2.28. The van der Waals surface area contributed by atoms with Crippen molar-refractivity contribution in [3.8, 4) is 17.2 Å². The summed E-state index contributed by atoms with van der Waals surface area (Å²) in [7, 11) is 0. The molecule has 1 aliphatic heterocycles. The van der Waals surface area contributed by atoms with E-state index >= 15 is 0 Å². The van der Waals surface area contributed by atoms with Gasteiger partial charge in [-0.3, -0.25) is 0 Å². The average molecular weight is 328 g/mol. The van der Waals surface area contributed by atoms with Gasteiger partial charge in [0.25, 0.3) is 0 Å². The number of hydrogen-bond donors (Lipinski definition) is 0. The molecule has 0 amide bonds. The SMILES string of the molecule is CCc1cccc(OCCOC(=O)[C@@H]2COc3ccccc3O2)c1. The minimum absolute atomic E-state index is 0.148. The summed E-state index contributed by atoms with van der Waals surface area (Å²) in [6.45, 7) is 2.69. The van der Waals surface area contributed by atoms with E-state index in [9.17, 15) is 4.79 Å². The van der Waals surface area contributed by atoms with Crippen molar-refractivity contribution in [1.82, 2.24) is 0 Å². The van der Waals surface area contributed by atoms with Gasteiger partial charge in [0.2, 0.25) is 6.10 Å². The maximum Gasteiger partial charge on any atom is 0.351 e. The molecule has 2 aromatic carbocycles. The standard InChI is InChI=1S/C19H20O5/c1-2-14-6-5-7-15(12-14)21-10-11-22-19(20)18-13-23-16-8-3-4-9-17(16)24-18/h3-9,12,18H,2,10-11,13H2,1H3/t18-/m0/s1. The van der Waals surface area contributed by atoms with Crippen LogP contribution in [0.3, 0.4) is 0 Å². The molecule has 0 radical (unpaired) electrons. The number of benzene rings is 2. The summed E-state index contributed by atoms with van der Waals surface area (Å²) in [5.41, 5.74) is 1.20. The molecule has 0 bridgehead atoms. The zero-order valence-corrected chi connectivity index (χ0v) is 13.6. The van der Waals surface area contributed by atoms with Crippen LogP contribution >= 0.6 is 0 Å². The van der Waals surface area contributed by atoms with Crippen molar-refractivity contribution in [2.24, 2.45) is 0 Å². The van der Waals surface area contributed by atoms with Gasteiger partial charge in [0, 0.05) is 0 Å². The number of carbonyl (C=O) groups is 1. The predicted molar refractivity (Wildman–Crippen MR) is 88.6 cm³/mol. The Hall–Kier alpha value is -2.69. The van der Waals surface area contributed by atoms with Crippen LogP contribution in [-0.4, -0.2) is 31.9 Å². The molecule has 2 aromatic rings. The van der Waals surface area contributed by atoms with E-state index in [1.807, 2.05) is 36.4 Å². The minimum Gasteiger partial charge on any atom is -0.490 e. The van der Waals surface area contributed by atoms with Crippen LogP contribution in [0.5, 0.6) is 17.2 Å². The van der Waals surface area contributed by atoms with Crippen molar-refractivity contribution in [1.29, 1.82) is 0 Å². The highest BCUT2D eigenvalue weighted by atomic mass is 16.6. The Bertz CT molecular complexity index is 698. The molecule has 5 nitrogen and oxygen atoms in total. The fraction of sp³-hybridized carbons (Fsp3) is 0.316. The van der Waals surface area contributed by atoms with Gasteiger partial charge in [0.05, 0.1) is 0 Å². The number of rotatable bonds is 6. The normalized spacial score (nSPS) is 15.6. The molecule has 0 unspecified atom stereocenters. The minimum atomic E-state index is -0.747. The van der Waals surface area contributed by atoms with E-state index in [0.29, 0.717) is 18.1 Å². The number of carbonyl (C=O) groups excluding carboxylic acids is 1. The molecule has 24 heavy (non-hydrogen) atoms. The fourth-order valence-corrected chi connectivity index (χ4v) is 2.39. The Labute approximate surface area is 141 Å². The van der Waals surface area contributed by atoms with Gasteiger partial charge in [-0.25, -0.2) is 4.79 Å². The molecule has 0 spiro atoms. The Balaban J connectivity index is 1.43.